The standard InChI is InChI=1S/C13H13ClN2O3/c1-7-6-8(14)4-5-9(7)16-11(18)13(2,3)10(17)15-12(16)19/h4-6H,1-3H3,(H,15,17,19). The summed E-state index contributed by atoms with van der Waals surface area (Å²) >= 11 is 5.85. The maximum Gasteiger partial charge on any atom is 0.335 e. The molecule has 1 aromatic rings. The number of nitrogens with zero attached hydrogens (tertiary/aromatic N) is 1. The Labute approximate surface area is 115 Å². The normalized spacial score (nSPS) is 18.5. The maximum absolute atomic E-state index is 12.3. The Balaban J connectivity index is 2.52. The zero-order chi connectivity index (χ0) is 14.4. The average Bonchev–Trinajstić information content (AvgIpc) is 2.30. The molecule has 0 bridgehead atoms. The molecule has 5 nitrogen and oxygen atoms in total. The molecule has 0 atom stereocenters. The van der Waals surface area contributed by atoms with Crippen LogP contribution in [0.1, 0.15) is 19.4 Å². The first-order valence-electron chi connectivity index (χ1n) is 5.71. The molecule has 1 heterocycles. The lowest BCUT2D eigenvalue weighted by Crippen LogP contribution is -2.62. The first-order chi connectivity index (χ1) is 8.75. The summed E-state index contributed by atoms with van der Waals surface area (Å²) in [6, 6.07) is 4.09. The van der Waals surface area contributed by atoms with E-state index in [1.807, 2.05) is 0 Å². The Morgan fingerprint density at radius 1 is 1.21 bits per heavy atom. The fourth-order valence-electron chi connectivity index (χ4n) is 1.87. The van der Waals surface area contributed by atoms with E-state index in [9.17, 15) is 14.4 Å². The largest absolute Gasteiger partial charge is 0.335 e. The summed E-state index contributed by atoms with van der Waals surface area (Å²) < 4.78 is 0. The van der Waals surface area contributed by atoms with Gasteiger partial charge in [0.15, 0.2) is 0 Å². The van der Waals surface area contributed by atoms with Crippen molar-refractivity contribution >= 4 is 35.1 Å². The van der Waals surface area contributed by atoms with E-state index in [1.54, 1.807) is 25.1 Å². The van der Waals surface area contributed by atoms with Gasteiger partial charge in [0.25, 0.3) is 0 Å². The third kappa shape index (κ3) is 2.10. The van der Waals surface area contributed by atoms with Gasteiger partial charge in [0.2, 0.25) is 11.8 Å². The van der Waals surface area contributed by atoms with Gasteiger partial charge in [0, 0.05) is 5.02 Å². The molecule has 100 valence electrons. The summed E-state index contributed by atoms with van der Waals surface area (Å²) in [5.74, 6) is -1.14. The van der Waals surface area contributed by atoms with E-state index in [2.05, 4.69) is 5.32 Å². The van der Waals surface area contributed by atoms with Crippen LogP contribution in [0, 0.1) is 12.3 Å². The fourth-order valence-corrected chi connectivity index (χ4v) is 2.09. The van der Waals surface area contributed by atoms with Crippen LogP contribution >= 0.6 is 11.6 Å². The van der Waals surface area contributed by atoms with E-state index in [1.165, 1.54) is 13.8 Å². The number of hydrogen-bond donors (Lipinski definition) is 1. The van der Waals surface area contributed by atoms with Crippen molar-refractivity contribution in [3.05, 3.63) is 28.8 Å². The molecule has 1 N–H and O–H groups in total. The van der Waals surface area contributed by atoms with E-state index in [4.69, 9.17) is 11.6 Å². The Morgan fingerprint density at radius 2 is 1.84 bits per heavy atom. The first-order valence-corrected chi connectivity index (χ1v) is 6.09. The SMILES string of the molecule is Cc1cc(Cl)ccc1N1C(=O)NC(=O)C(C)(C)C1=O. The minimum atomic E-state index is -1.28. The van der Waals surface area contributed by atoms with Crippen LogP contribution in [-0.2, 0) is 9.59 Å². The number of anilines is 1. The second-order valence-corrected chi connectivity index (χ2v) is 5.39. The molecule has 1 fully saturated rings. The van der Waals surface area contributed by atoms with Crippen molar-refractivity contribution in [3.63, 3.8) is 0 Å². The lowest BCUT2D eigenvalue weighted by atomic mass is 9.88. The van der Waals surface area contributed by atoms with Gasteiger partial charge in [-0.05, 0) is 44.5 Å². The van der Waals surface area contributed by atoms with Gasteiger partial charge in [-0.15, -0.1) is 0 Å². The average molecular weight is 281 g/mol. The second-order valence-electron chi connectivity index (χ2n) is 4.96. The highest BCUT2D eigenvalue weighted by atomic mass is 35.5. The number of hydrogen-bond acceptors (Lipinski definition) is 3. The molecule has 0 unspecified atom stereocenters. The molecule has 0 spiro atoms. The zero-order valence-electron chi connectivity index (χ0n) is 10.8. The highest BCUT2D eigenvalue weighted by Gasteiger charge is 2.47. The number of aryl methyl sites for hydroxylation is 1. The van der Waals surface area contributed by atoms with Crippen molar-refractivity contribution in [2.24, 2.45) is 5.41 Å². The van der Waals surface area contributed by atoms with Crippen LogP contribution < -0.4 is 10.2 Å². The molecular formula is C13H13ClN2O3. The highest BCUT2D eigenvalue weighted by molar-refractivity contribution is 6.31. The number of barbiturate groups is 1. The Hall–Kier alpha value is -1.88. The number of rotatable bonds is 1. The van der Waals surface area contributed by atoms with Crippen molar-refractivity contribution in [1.29, 1.82) is 0 Å². The molecule has 1 saturated heterocycles. The summed E-state index contributed by atoms with van der Waals surface area (Å²) in [6.45, 7) is 4.70. The maximum atomic E-state index is 12.3. The van der Waals surface area contributed by atoms with E-state index in [-0.39, 0.29) is 0 Å². The minimum absolute atomic E-state index is 0.424. The lowest BCUT2D eigenvalue weighted by molar-refractivity contribution is -0.140. The Morgan fingerprint density at radius 3 is 2.42 bits per heavy atom. The van der Waals surface area contributed by atoms with Gasteiger partial charge in [-0.3, -0.25) is 14.9 Å². The van der Waals surface area contributed by atoms with Crippen LogP contribution in [0.4, 0.5) is 10.5 Å². The molecule has 0 aromatic heterocycles. The number of amides is 4. The van der Waals surface area contributed by atoms with Crippen LogP contribution in [0.15, 0.2) is 18.2 Å². The predicted octanol–water partition coefficient (Wildman–Crippen LogP) is 2.26. The van der Waals surface area contributed by atoms with E-state index in [0.29, 0.717) is 16.3 Å². The van der Waals surface area contributed by atoms with Crippen LogP contribution in [0.5, 0.6) is 0 Å². The summed E-state index contributed by atoms with van der Waals surface area (Å²) in [5.41, 5.74) is -0.173. The summed E-state index contributed by atoms with van der Waals surface area (Å²) in [6.07, 6.45) is 0. The number of carbonyl (C=O) groups is 3. The van der Waals surface area contributed by atoms with Crippen molar-refractivity contribution in [2.45, 2.75) is 20.8 Å². The number of halogens is 1. The Bertz CT molecular complexity index is 596. The van der Waals surface area contributed by atoms with Gasteiger partial charge in [-0.2, -0.15) is 0 Å². The third-order valence-electron chi connectivity index (χ3n) is 3.13. The molecule has 1 aliphatic heterocycles. The van der Waals surface area contributed by atoms with Crippen LogP contribution in [0.25, 0.3) is 0 Å². The number of urea groups is 1. The molecule has 0 saturated carbocycles. The summed E-state index contributed by atoms with van der Waals surface area (Å²) in [5, 5.41) is 2.70. The minimum Gasteiger partial charge on any atom is -0.276 e. The molecule has 19 heavy (non-hydrogen) atoms. The number of carbonyl (C=O) groups excluding carboxylic acids is 3. The van der Waals surface area contributed by atoms with Gasteiger partial charge in [0.1, 0.15) is 5.41 Å². The van der Waals surface area contributed by atoms with E-state index < -0.39 is 23.3 Å². The van der Waals surface area contributed by atoms with E-state index >= 15 is 0 Å². The fraction of sp³-hybridized carbons (Fsp3) is 0.308. The molecule has 0 aliphatic carbocycles. The Kier molecular flexibility index (Phi) is 3.10. The quantitative estimate of drug-likeness (QED) is 0.803. The van der Waals surface area contributed by atoms with E-state index in [0.717, 1.165) is 4.90 Å². The second kappa shape index (κ2) is 4.35. The van der Waals surface area contributed by atoms with Gasteiger partial charge in [-0.25, -0.2) is 9.69 Å². The molecule has 0 radical (unpaired) electrons. The van der Waals surface area contributed by atoms with Gasteiger partial charge >= 0.3 is 6.03 Å². The van der Waals surface area contributed by atoms with Gasteiger partial charge in [-0.1, -0.05) is 11.6 Å². The predicted molar refractivity (Wildman–Crippen MR) is 71.0 cm³/mol. The molecule has 6 heteroatoms. The summed E-state index contributed by atoms with van der Waals surface area (Å²) in [4.78, 5) is 36.8. The van der Waals surface area contributed by atoms with Gasteiger partial charge < -0.3 is 0 Å². The lowest BCUT2D eigenvalue weighted by Gasteiger charge is -2.35. The van der Waals surface area contributed by atoms with Crippen LogP contribution in [0.3, 0.4) is 0 Å². The smallest absolute Gasteiger partial charge is 0.276 e. The van der Waals surface area contributed by atoms with Crippen molar-refractivity contribution in [3.8, 4) is 0 Å². The molecular weight excluding hydrogens is 268 g/mol. The number of imide groups is 2. The molecule has 4 amide bonds. The van der Waals surface area contributed by atoms with Crippen molar-refractivity contribution in [1.82, 2.24) is 5.32 Å². The molecule has 2 rings (SSSR count). The zero-order valence-corrected chi connectivity index (χ0v) is 11.5. The van der Waals surface area contributed by atoms with Crippen LogP contribution in [0.2, 0.25) is 5.02 Å². The van der Waals surface area contributed by atoms with Crippen molar-refractivity contribution < 1.29 is 14.4 Å². The highest BCUT2D eigenvalue weighted by Crippen LogP contribution is 2.31. The number of benzene rings is 1. The number of nitrogens with one attached hydrogen (secondary N) is 1. The summed E-state index contributed by atoms with van der Waals surface area (Å²) in [7, 11) is 0. The van der Waals surface area contributed by atoms with Gasteiger partial charge in [0.05, 0.1) is 5.69 Å². The first kappa shape index (κ1) is 13.5. The van der Waals surface area contributed by atoms with Crippen molar-refractivity contribution in [2.75, 3.05) is 4.90 Å². The van der Waals surface area contributed by atoms with Crippen LogP contribution in [-0.4, -0.2) is 17.8 Å². The third-order valence-corrected chi connectivity index (χ3v) is 3.36. The molecule has 1 aromatic carbocycles. The molecule has 1 aliphatic rings. The topological polar surface area (TPSA) is 66.5 Å². The monoisotopic (exact) mass is 280 g/mol.